The molecule has 4 rings (SSSR count). The van der Waals surface area contributed by atoms with E-state index in [1.165, 1.54) is 0 Å². The number of benzene rings is 2. The van der Waals surface area contributed by atoms with Crippen LogP contribution >= 0.6 is 11.6 Å². The highest BCUT2D eigenvalue weighted by molar-refractivity contribution is 6.32. The second kappa shape index (κ2) is 8.63. The van der Waals surface area contributed by atoms with Gasteiger partial charge in [0.2, 0.25) is 0 Å². The van der Waals surface area contributed by atoms with Crippen molar-refractivity contribution >= 4 is 33.9 Å². The van der Waals surface area contributed by atoms with Crippen molar-refractivity contribution in [1.82, 2.24) is 9.88 Å². The molecule has 2 heterocycles. The summed E-state index contributed by atoms with van der Waals surface area (Å²) in [6, 6.07) is 14.6. The van der Waals surface area contributed by atoms with E-state index in [-0.39, 0.29) is 10.6 Å². The minimum Gasteiger partial charge on any atom is -0.491 e. The summed E-state index contributed by atoms with van der Waals surface area (Å²) in [5.41, 5.74) is 1.42. The van der Waals surface area contributed by atoms with Gasteiger partial charge in [0, 0.05) is 38.9 Å². The highest BCUT2D eigenvalue weighted by Gasteiger charge is 2.26. The molecule has 0 amide bonds. The number of anilines is 1. The molecule has 1 saturated heterocycles. The summed E-state index contributed by atoms with van der Waals surface area (Å²) in [6.07, 6.45) is 1.65. The maximum Gasteiger partial charge on any atom is 0.301 e. The molecule has 8 heteroatoms. The van der Waals surface area contributed by atoms with E-state index < -0.39 is 0 Å². The van der Waals surface area contributed by atoms with Gasteiger partial charge in [0.05, 0.1) is 20.8 Å². The molecule has 3 aromatic rings. The van der Waals surface area contributed by atoms with Gasteiger partial charge in [0.15, 0.2) is 0 Å². The van der Waals surface area contributed by atoms with Gasteiger partial charge in [-0.3, -0.25) is 20.0 Å². The predicted octanol–water partition coefficient (Wildman–Crippen LogP) is 4.00. The summed E-state index contributed by atoms with van der Waals surface area (Å²) < 4.78 is 5.77. The number of nitrogens with zero attached hydrogens (tertiary/aromatic N) is 4. The third-order valence-electron chi connectivity index (χ3n) is 5.13. The molecule has 0 spiro atoms. The molecule has 150 valence electrons. The number of hydrogen-bond donors (Lipinski definition) is 0. The number of nitro benzene ring substituents is 1. The van der Waals surface area contributed by atoms with Gasteiger partial charge >= 0.3 is 5.69 Å². The molecule has 0 N–H and O–H groups in total. The Morgan fingerprint density at radius 2 is 1.86 bits per heavy atom. The maximum atomic E-state index is 11.8. The van der Waals surface area contributed by atoms with Crippen LogP contribution in [0.25, 0.3) is 10.9 Å². The number of aromatic nitrogens is 1. The standard InChI is InChI=1S/C21H21ClN4O3/c22-17-5-1-2-6-20(17)29-15-14-24-10-12-25(13-11-24)19-8-7-18-16(4-3-9-23-18)21(19)26(27)28/h1-9H,10-15H2. The Balaban J connectivity index is 1.39. The Hall–Kier alpha value is -2.90. The van der Waals surface area contributed by atoms with Crippen LogP contribution in [0.4, 0.5) is 11.4 Å². The van der Waals surface area contributed by atoms with Crippen LogP contribution < -0.4 is 9.64 Å². The number of pyridine rings is 1. The number of ether oxygens (including phenoxy) is 1. The van der Waals surface area contributed by atoms with Crippen molar-refractivity contribution in [3.8, 4) is 5.75 Å². The molecule has 1 fully saturated rings. The van der Waals surface area contributed by atoms with E-state index >= 15 is 0 Å². The zero-order valence-corrected chi connectivity index (χ0v) is 16.6. The molecule has 7 nitrogen and oxygen atoms in total. The van der Waals surface area contributed by atoms with E-state index in [1.807, 2.05) is 36.4 Å². The third-order valence-corrected chi connectivity index (χ3v) is 5.44. The average molecular weight is 413 g/mol. The van der Waals surface area contributed by atoms with Crippen molar-refractivity contribution in [2.24, 2.45) is 0 Å². The number of hydrogen-bond acceptors (Lipinski definition) is 6. The molecule has 0 saturated carbocycles. The first-order chi connectivity index (χ1) is 14.1. The molecule has 1 aliphatic rings. The fourth-order valence-electron chi connectivity index (χ4n) is 3.63. The number of fused-ring (bicyclic) bond motifs is 1. The molecule has 29 heavy (non-hydrogen) atoms. The van der Waals surface area contributed by atoms with Gasteiger partial charge in [-0.15, -0.1) is 0 Å². The highest BCUT2D eigenvalue weighted by Crippen LogP contribution is 2.35. The van der Waals surface area contributed by atoms with Gasteiger partial charge in [0.25, 0.3) is 0 Å². The SMILES string of the molecule is O=[N+]([O-])c1c(N2CCN(CCOc3ccccc3Cl)CC2)ccc2ncccc12. The monoisotopic (exact) mass is 412 g/mol. The maximum absolute atomic E-state index is 11.8. The number of piperazine rings is 1. The Labute approximate surface area is 173 Å². The van der Waals surface area contributed by atoms with E-state index in [9.17, 15) is 10.1 Å². The summed E-state index contributed by atoms with van der Waals surface area (Å²) in [5.74, 6) is 0.688. The highest BCUT2D eigenvalue weighted by atomic mass is 35.5. The first kappa shape index (κ1) is 19.4. The lowest BCUT2D eigenvalue weighted by Crippen LogP contribution is -2.47. The van der Waals surface area contributed by atoms with Gasteiger partial charge in [0.1, 0.15) is 18.0 Å². The van der Waals surface area contributed by atoms with Crippen molar-refractivity contribution in [2.45, 2.75) is 0 Å². The quantitative estimate of drug-likeness (QED) is 0.450. The summed E-state index contributed by atoms with van der Waals surface area (Å²) in [4.78, 5) is 20.1. The molecule has 0 unspecified atom stereocenters. The van der Waals surface area contributed by atoms with Gasteiger partial charge in [-0.25, -0.2) is 0 Å². The number of nitro groups is 1. The van der Waals surface area contributed by atoms with Crippen LogP contribution in [0.3, 0.4) is 0 Å². The molecule has 2 aromatic carbocycles. The number of halogens is 1. The van der Waals surface area contributed by atoms with E-state index in [1.54, 1.807) is 18.3 Å². The van der Waals surface area contributed by atoms with Crippen LogP contribution in [0.15, 0.2) is 54.7 Å². The average Bonchev–Trinajstić information content (AvgIpc) is 2.74. The Morgan fingerprint density at radius 3 is 2.62 bits per heavy atom. The minimum absolute atomic E-state index is 0.131. The summed E-state index contributed by atoms with van der Waals surface area (Å²) in [7, 11) is 0. The van der Waals surface area contributed by atoms with Crippen molar-refractivity contribution in [3.63, 3.8) is 0 Å². The molecule has 0 aliphatic carbocycles. The van der Waals surface area contributed by atoms with Crippen molar-refractivity contribution in [3.05, 3.63) is 69.9 Å². The normalized spacial score (nSPS) is 14.9. The van der Waals surface area contributed by atoms with Crippen molar-refractivity contribution in [2.75, 3.05) is 44.2 Å². The lowest BCUT2D eigenvalue weighted by molar-refractivity contribution is -0.382. The Bertz CT molecular complexity index is 1020. The van der Waals surface area contributed by atoms with Crippen LogP contribution in [0.2, 0.25) is 5.02 Å². The zero-order chi connectivity index (χ0) is 20.2. The summed E-state index contributed by atoms with van der Waals surface area (Å²) in [6.45, 7) is 4.40. The fourth-order valence-corrected chi connectivity index (χ4v) is 3.82. The Morgan fingerprint density at radius 1 is 1.07 bits per heavy atom. The zero-order valence-electron chi connectivity index (χ0n) is 15.8. The van der Waals surface area contributed by atoms with Gasteiger partial charge in [-0.2, -0.15) is 0 Å². The largest absolute Gasteiger partial charge is 0.491 e. The summed E-state index contributed by atoms with van der Waals surface area (Å²) >= 11 is 6.11. The second-order valence-corrected chi connectivity index (χ2v) is 7.28. The number of rotatable bonds is 6. The van der Waals surface area contributed by atoms with Crippen molar-refractivity contribution < 1.29 is 9.66 Å². The van der Waals surface area contributed by atoms with Gasteiger partial charge in [-0.1, -0.05) is 23.7 Å². The first-order valence-corrected chi connectivity index (χ1v) is 9.88. The first-order valence-electron chi connectivity index (χ1n) is 9.50. The van der Waals surface area contributed by atoms with Crippen LogP contribution in [0, 0.1) is 10.1 Å². The molecule has 0 atom stereocenters. The van der Waals surface area contributed by atoms with Crippen LogP contribution in [-0.4, -0.2) is 54.1 Å². The number of para-hydroxylation sites is 1. The molecule has 1 aliphatic heterocycles. The van der Waals surface area contributed by atoms with E-state index in [0.29, 0.717) is 34.0 Å². The molecular weight excluding hydrogens is 392 g/mol. The molecule has 0 bridgehead atoms. The van der Waals surface area contributed by atoms with E-state index in [0.717, 1.165) is 32.7 Å². The lowest BCUT2D eigenvalue weighted by atomic mass is 10.1. The smallest absolute Gasteiger partial charge is 0.301 e. The lowest BCUT2D eigenvalue weighted by Gasteiger charge is -2.35. The van der Waals surface area contributed by atoms with Crippen molar-refractivity contribution in [1.29, 1.82) is 0 Å². The predicted molar refractivity (Wildman–Crippen MR) is 114 cm³/mol. The second-order valence-electron chi connectivity index (χ2n) is 6.87. The molecule has 1 aromatic heterocycles. The van der Waals surface area contributed by atoms with Crippen LogP contribution in [0.5, 0.6) is 5.75 Å². The third kappa shape index (κ3) is 4.26. The Kier molecular flexibility index (Phi) is 5.78. The molecule has 0 radical (unpaired) electrons. The van der Waals surface area contributed by atoms with Gasteiger partial charge in [-0.05, 0) is 36.4 Å². The topological polar surface area (TPSA) is 71.7 Å². The van der Waals surface area contributed by atoms with Crippen LogP contribution in [0.1, 0.15) is 0 Å². The minimum atomic E-state index is -0.302. The molecular formula is C21H21ClN4O3. The van der Waals surface area contributed by atoms with E-state index in [2.05, 4.69) is 14.8 Å². The summed E-state index contributed by atoms with van der Waals surface area (Å²) in [5, 5.41) is 12.9. The van der Waals surface area contributed by atoms with E-state index in [4.69, 9.17) is 16.3 Å². The fraction of sp³-hybridized carbons (Fsp3) is 0.286. The van der Waals surface area contributed by atoms with Gasteiger partial charge < -0.3 is 9.64 Å². The van der Waals surface area contributed by atoms with Crippen LogP contribution in [-0.2, 0) is 0 Å².